The molecule has 1 aromatic heterocycles. The number of halogens is 2. The lowest BCUT2D eigenvalue weighted by Gasteiger charge is -2.22. The van der Waals surface area contributed by atoms with Gasteiger partial charge in [-0.25, -0.2) is 9.97 Å². The second-order valence-electron chi connectivity index (χ2n) is 4.03. The number of nitrogens with two attached hydrogens (primary N) is 1. The normalized spacial score (nSPS) is 14.1. The molecule has 0 saturated heterocycles. The van der Waals surface area contributed by atoms with Gasteiger partial charge in [0, 0.05) is 34.9 Å². The summed E-state index contributed by atoms with van der Waals surface area (Å²) in [5.41, 5.74) is 6.37. The summed E-state index contributed by atoms with van der Waals surface area (Å²) in [6.45, 7) is 0.183. The first kappa shape index (κ1) is 14.2. The maximum Gasteiger partial charge on any atom is 0.157 e. The SMILES string of the molecule is NCC(c1c(Cl)cccc1Cl)C(O)c1ncccn1. The van der Waals surface area contributed by atoms with Gasteiger partial charge in [0.15, 0.2) is 5.82 Å². The highest BCUT2D eigenvalue weighted by molar-refractivity contribution is 6.36. The van der Waals surface area contributed by atoms with Crippen LogP contribution in [0.15, 0.2) is 36.7 Å². The molecule has 1 aromatic carbocycles. The molecular weight excluding hydrogens is 285 g/mol. The van der Waals surface area contributed by atoms with Gasteiger partial charge in [0.1, 0.15) is 6.10 Å². The van der Waals surface area contributed by atoms with Gasteiger partial charge in [-0.1, -0.05) is 29.3 Å². The van der Waals surface area contributed by atoms with E-state index >= 15 is 0 Å². The minimum Gasteiger partial charge on any atom is -0.384 e. The Morgan fingerprint density at radius 3 is 2.21 bits per heavy atom. The number of hydrogen-bond acceptors (Lipinski definition) is 4. The maximum absolute atomic E-state index is 10.4. The van der Waals surface area contributed by atoms with E-state index in [1.54, 1.807) is 36.7 Å². The average molecular weight is 298 g/mol. The van der Waals surface area contributed by atoms with Gasteiger partial charge in [-0.15, -0.1) is 0 Å². The van der Waals surface area contributed by atoms with Crippen LogP contribution in [0.4, 0.5) is 0 Å². The van der Waals surface area contributed by atoms with Gasteiger partial charge in [0.25, 0.3) is 0 Å². The maximum atomic E-state index is 10.4. The molecule has 0 spiro atoms. The number of nitrogens with zero attached hydrogens (tertiary/aromatic N) is 2. The first-order valence-corrected chi connectivity index (χ1v) is 6.49. The lowest BCUT2D eigenvalue weighted by atomic mass is 9.92. The highest BCUT2D eigenvalue weighted by Gasteiger charge is 2.27. The minimum atomic E-state index is -0.955. The smallest absolute Gasteiger partial charge is 0.157 e. The number of benzene rings is 1. The van der Waals surface area contributed by atoms with Crippen LogP contribution in [-0.2, 0) is 0 Å². The fourth-order valence-electron chi connectivity index (χ4n) is 1.91. The predicted molar refractivity (Wildman–Crippen MR) is 75.2 cm³/mol. The van der Waals surface area contributed by atoms with Crippen molar-refractivity contribution in [1.29, 1.82) is 0 Å². The van der Waals surface area contributed by atoms with Crippen molar-refractivity contribution in [3.63, 3.8) is 0 Å². The van der Waals surface area contributed by atoms with Gasteiger partial charge < -0.3 is 10.8 Å². The van der Waals surface area contributed by atoms with Gasteiger partial charge in [0.05, 0.1) is 0 Å². The van der Waals surface area contributed by atoms with Gasteiger partial charge in [0.2, 0.25) is 0 Å². The van der Waals surface area contributed by atoms with Gasteiger partial charge in [-0.05, 0) is 23.8 Å². The van der Waals surface area contributed by atoms with E-state index in [2.05, 4.69) is 9.97 Å². The molecule has 0 saturated carbocycles. The molecule has 1 heterocycles. The Hall–Kier alpha value is -1.20. The Morgan fingerprint density at radius 1 is 1.11 bits per heavy atom. The van der Waals surface area contributed by atoms with Crippen molar-refractivity contribution in [3.8, 4) is 0 Å². The monoisotopic (exact) mass is 297 g/mol. The van der Waals surface area contributed by atoms with E-state index in [0.29, 0.717) is 21.4 Å². The number of rotatable bonds is 4. The van der Waals surface area contributed by atoms with Crippen LogP contribution in [0.25, 0.3) is 0 Å². The number of hydrogen-bond donors (Lipinski definition) is 2. The van der Waals surface area contributed by atoms with Crippen LogP contribution in [0.1, 0.15) is 23.4 Å². The second kappa shape index (κ2) is 6.30. The van der Waals surface area contributed by atoms with E-state index in [1.165, 1.54) is 0 Å². The number of aliphatic hydroxyl groups excluding tert-OH is 1. The van der Waals surface area contributed by atoms with E-state index in [1.807, 2.05) is 0 Å². The average Bonchev–Trinajstić information content (AvgIpc) is 2.43. The molecule has 0 radical (unpaired) electrons. The lowest BCUT2D eigenvalue weighted by Crippen LogP contribution is -2.22. The van der Waals surface area contributed by atoms with Crippen LogP contribution in [0.5, 0.6) is 0 Å². The zero-order valence-electron chi connectivity index (χ0n) is 10.0. The Morgan fingerprint density at radius 2 is 1.68 bits per heavy atom. The fourth-order valence-corrected chi connectivity index (χ4v) is 2.59. The van der Waals surface area contributed by atoms with Crippen LogP contribution in [0.3, 0.4) is 0 Å². The minimum absolute atomic E-state index is 0.183. The van der Waals surface area contributed by atoms with Crippen molar-refractivity contribution >= 4 is 23.2 Å². The Labute approximate surface area is 121 Å². The molecule has 100 valence electrons. The summed E-state index contributed by atoms with van der Waals surface area (Å²) in [6, 6.07) is 6.84. The van der Waals surface area contributed by atoms with Gasteiger partial charge in [-0.2, -0.15) is 0 Å². The van der Waals surface area contributed by atoms with Crippen molar-refractivity contribution in [2.75, 3.05) is 6.54 Å². The molecule has 2 rings (SSSR count). The zero-order chi connectivity index (χ0) is 13.8. The second-order valence-corrected chi connectivity index (χ2v) is 4.84. The molecule has 0 amide bonds. The van der Waals surface area contributed by atoms with E-state index in [-0.39, 0.29) is 6.54 Å². The first-order valence-electron chi connectivity index (χ1n) is 5.74. The molecule has 6 heteroatoms. The summed E-state index contributed by atoms with van der Waals surface area (Å²) in [4.78, 5) is 8.06. The number of aliphatic hydroxyl groups is 1. The van der Waals surface area contributed by atoms with Crippen LogP contribution in [0, 0.1) is 0 Å². The van der Waals surface area contributed by atoms with Crippen LogP contribution in [0.2, 0.25) is 10.0 Å². The molecule has 3 N–H and O–H groups in total. The summed E-state index contributed by atoms with van der Waals surface area (Å²) in [5.74, 6) is -0.155. The predicted octanol–water partition coefficient (Wildman–Crippen LogP) is 2.56. The molecule has 0 aliphatic rings. The Balaban J connectivity index is 2.40. The van der Waals surface area contributed by atoms with Crippen LogP contribution in [-0.4, -0.2) is 21.6 Å². The first-order chi connectivity index (χ1) is 9.15. The lowest BCUT2D eigenvalue weighted by molar-refractivity contribution is 0.138. The van der Waals surface area contributed by atoms with Gasteiger partial charge >= 0.3 is 0 Å². The summed E-state index contributed by atoms with van der Waals surface area (Å²) in [6.07, 6.45) is 2.17. The molecular formula is C13H13Cl2N3O. The highest BCUT2D eigenvalue weighted by atomic mass is 35.5. The quantitative estimate of drug-likeness (QED) is 0.910. The molecule has 19 heavy (non-hydrogen) atoms. The Kier molecular flexibility index (Phi) is 4.71. The van der Waals surface area contributed by atoms with E-state index < -0.39 is 12.0 Å². The third-order valence-corrected chi connectivity index (χ3v) is 3.52. The van der Waals surface area contributed by atoms with Crippen molar-refractivity contribution in [2.24, 2.45) is 5.73 Å². The zero-order valence-corrected chi connectivity index (χ0v) is 11.5. The third-order valence-electron chi connectivity index (χ3n) is 2.86. The summed E-state index contributed by atoms with van der Waals surface area (Å²) in [7, 11) is 0. The third kappa shape index (κ3) is 3.04. The molecule has 2 unspecified atom stereocenters. The van der Waals surface area contributed by atoms with Crippen LogP contribution >= 0.6 is 23.2 Å². The highest BCUT2D eigenvalue weighted by Crippen LogP contribution is 2.37. The van der Waals surface area contributed by atoms with Crippen molar-refractivity contribution < 1.29 is 5.11 Å². The standard InChI is InChI=1S/C13H13Cl2N3O/c14-9-3-1-4-10(15)11(9)8(7-16)12(19)13-17-5-2-6-18-13/h1-6,8,12,19H,7,16H2. The molecule has 4 nitrogen and oxygen atoms in total. The van der Waals surface area contributed by atoms with E-state index in [9.17, 15) is 5.11 Å². The topological polar surface area (TPSA) is 72.0 Å². The molecule has 0 fully saturated rings. The molecule has 0 bridgehead atoms. The van der Waals surface area contributed by atoms with Gasteiger partial charge in [-0.3, -0.25) is 0 Å². The van der Waals surface area contributed by atoms with E-state index in [4.69, 9.17) is 28.9 Å². The molecule has 2 aromatic rings. The van der Waals surface area contributed by atoms with E-state index in [0.717, 1.165) is 0 Å². The van der Waals surface area contributed by atoms with Crippen LogP contribution < -0.4 is 5.73 Å². The fraction of sp³-hybridized carbons (Fsp3) is 0.231. The summed E-state index contributed by atoms with van der Waals surface area (Å²) < 4.78 is 0. The number of aromatic nitrogens is 2. The van der Waals surface area contributed by atoms with Crippen molar-refractivity contribution in [2.45, 2.75) is 12.0 Å². The molecule has 0 aliphatic carbocycles. The largest absolute Gasteiger partial charge is 0.384 e. The van der Waals surface area contributed by atoms with Crippen molar-refractivity contribution in [3.05, 3.63) is 58.1 Å². The summed E-state index contributed by atoms with van der Waals surface area (Å²) in [5, 5.41) is 11.3. The molecule has 0 aliphatic heterocycles. The summed E-state index contributed by atoms with van der Waals surface area (Å²) >= 11 is 12.3. The van der Waals surface area contributed by atoms with Crippen molar-refractivity contribution in [1.82, 2.24) is 9.97 Å². The Bertz CT molecular complexity index is 531. The molecule has 2 atom stereocenters.